The lowest BCUT2D eigenvalue weighted by Gasteiger charge is -2.71. The molecule has 19 atom stereocenters. The van der Waals surface area contributed by atoms with Crippen molar-refractivity contribution in [3.63, 3.8) is 0 Å². The number of carboxylic acids is 1. The molecule has 0 aromatic rings. The van der Waals surface area contributed by atoms with Crippen molar-refractivity contribution in [2.75, 3.05) is 26.9 Å². The molecule has 324 valence electrons. The topological polar surface area (TPSA) is 242 Å². The van der Waals surface area contributed by atoms with Crippen LogP contribution in [0, 0.1) is 50.2 Å². The molecule has 5 aliphatic carbocycles. The van der Waals surface area contributed by atoms with Gasteiger partial charge < -0.3 is 64.5 Å². The Morgan fingerprint density at radius 3 is 2.14 bits per heavy atom. The van der Waals surface area contributed by atoms with Crippen molar-refractivity contribution in [1.82, 2.24) is 0 Å². The van der Waals surface area contributed by atoms with Gasteiger partial charge in [0.15, 0.2) is 12.6 Å². The molecular formula is C42H66O15. The number of aliphatic hydroxyl groups is 7. The minimum atomic E-state index is -1.69. The van der Waals surface area contributed by atoms with Gasteiger partial charge >= 0.3 is 11.9 Å². The summed E-state index contributed by atoms with van der Waals surface area (Å²) in [7, 11) is 1.40. The number of esters is 1. The number of allylic oxidation sites excluding steroid dienone is 2. The SMILES string of the molecule is COC(=O)C1(C)CCC2(C(=O)O)CCC3(C)C(=CCC4C5(C)CCC(O[C@@H]6OC[C@@H](O[C@@H]7O[C@H](CO)[C@@H](O)[C@H](O)[C@H]7O)[C@H](O)[C@H]6O)C(C)(CO)C5CCC43C)C2C1. The van der Waals surface area contributed by atoms with Crippen molar-refractivity contribution in [2.45, 2.75) is 160 Å². The van der Waals surface area contributed by atoms with Gasteiger partial charge in [-0.2, -0.15) is 0 Å². The quantitative estimate of drug-likeness (QED) is 0.0988. The van der Waals surface area contributed by atoms with Crippen LogP contribution in [-0.2, 0) is 33.3 Å². The van der Waals surface area contributed by atoms with Gasteiger partial charge in [0.05, 0.1) is 43.9 Å². The van der Waals surface area contributed by atoms with Gasteiger partial charge in [0.2, 0.25) is 0 Å². The van der Waals surface area contributed by atoms with Crippen molar-refractivity contribution >= 4 is 11.9 Å². The van der Waals surface area contributed by atoms with Crippen LogP contribution in [0.1, 0.15) is 98.8 Å². The predicted octanol–water partition coefficient (Wildman–Crippen LogP) is 1.65. The molecular weight excluding hydrogens is 744 g/mol. The van der Waals surface area contributed by atoms with Crippen LogP contribution in [0.15, 0.2) is 11.6 Å². The molecule has 2 saturated heterocycles. The lowest BCUT2D eigenvalue weighted by molar-refractivity contribution is -0.352. The first-order valence-corrected chi connectivity index (χ1v) is 20.9. The van der Waals surface area contributed by atoms with Gasteiger partial charge in [-0.05, 0) is 105 Å². The number of methoxy groups -OCH3 is 1. The summed E-state index contributed by atoms with van der Waals surface area (Å²) in [5, 5.41) is 84.6. The summed E-state index contributed by atoms with van der Waals surface area (Å²) < 4.78 is 28.8. The zero-order chi connectivity index (χ0) is 41.7. The molecule has 15 heteroatoms. The molecule has 7 rings (SSSR count). The smallest absolute Gasteiger partial charge is 0.311 e. The van der Waals surface area contributed by atoms with Crippen molar-refractivity contribution in [3.8, 4) is 0 Å². The van der Waals surface area contributed by atoms with Gasteiger partial charge in [0, 0.05) is 5.41 Å². The average molecular weight is 811 g/mol. The Morgan fingerprint density at radius 2 is 1.49 bits per heavy atom. The summed E-state index contributed by atoms with van der Waals surface area (Å²) in [5.74, 6) is -1.10. The highest BCUT2D eigenvalue weighted by molar-refractivity contribution is 5.80. The largest absolute Gasteiger partial charge is 0.481 e. The van der Waals surface area contributed by atoms with E-state index in [2.05, 4.69) is 26.8 Å². The molecule has 15 nitrogen and oxygen atoms in total. The maximum atomic E-state index is 13.1. The molecule has 0 aromatic carbocycles. The first-order chi connectivity index (χ1) is 26.7. The minimum absolute atomic E-state index is 0.0253. The van der Waals surface area contributed by atoms with Gasteiger partial charge in [0.25, 0.3) is 0 Å². The van der Waals surface area contributed by atoms with E-state index >= 15 is 0 Å². The third kappa shape index (κ3) is 6.30. The zero-order valence-corrected chi connectivity index (χ0v) is 34.2. The van der Waals surface area contributed by atoms with Crippen LogP contribution in [0.3, 0.4) is 0 Å². The van der Waals surface area contributed by atoms with Crippen LogP contribution in [0.25, 0.3) is 0 Å². The van der Waals surface area contributed by atoms with E-state index in [0.29, 0.717) is 32.1 Å². The standard InChI is InChI=1S/C42H66O15/c1-37(36(52)53-6)13-15-42(35(50)51)16-14-40(4)21(22(42)17-37)7-8-26-38(2)11-10-27(39(3,20-44)25(38)9-12-41(26,40)5)57-33-31(48)29(46)24(19-54-33)56-34-32(49)30(47)28(45)23(18-43)55-34/h7,22-34,43-49H,8-20H2,1-6H3,(H,50,51)/t22?,23-,24-,25?,26?,27?,28-,29+,30+,31-,32-,33+,34+,37?,38?,39?,40?,41?,42?/m1/s1. The fourth-order valence-corrected chi connectivity index (χ4v) is 13.6. The summed E-state index contributed by atoms with van der Waals surface area (Å²) in [6.45, 7) is 9.90. The Balaban J connectivity index is 1.09. The van der Waals surface area contributed by atoms with Crippen LogP contribution in [0.4, 0.5) is 0 Å². The second kappa shape index (κ2) is 15.0. The van der Waals surface area contributed by atoms with E-state index in [1.165, 1.54) is 12.7 Å². The van der Waals surface area contributed by atoms with E-state index in [-0.39, 0.29) is 53.2 Å². The fraction of sp³-hybridized carbons (Fsp3) is 0.905. The van der Waals surface area contributed by atoms with Crippen molar-refractivity contribution in [1.29, 1.82) is 0 Å². The monoisotopic (exact) mass is 810 g/mol. The second-order valence-corrected chi connectivity index (χ2v) is 19.9. The van der Waals surface area contributed by atoms with Gasteiger partial charge in [-0.3, -0.25) is 9.59 Å². The number of hydrogen-bond donors (Lipinski definition) is 8. The molecule has 0 amide bonds. The first-order valence-electron chi connectivity index (χ1n) is 20.9. The van der Waals surface area contributed by atoms with E-state index in [1.54, 1.807) is 0 Å². The molecule has 6 fully saturated rings. The highest BCUT2D eigenvalue weighted by Gasteiger charge is 2.70. The average Bonchev–Trinajstić information content (AvgIpc) is 3.18. The lowest BCUT2D eigenvalue weighted by Crippen LogP contribution is -2.67. The van der Waals surface area contributed by atoms with E-state index < -0.39 is 90.2 Å². The van der Waals surface area contributed by atoms with Crippen LogP contribution in [0.2, 0.25) is 0 Å². The molecule has 10 unspecified atom stereocenters. The maximum absolute atomic E-state index is 13.1. The summed E-state index contributed by atoms with van der Waals surface area (Å²) in [6, 6.07) is 0. The van der Waals surface area contributed by atoms with Gasteiger partial charge in [0.1, 0.15) is 42.7 Å². The maximum Gasteiger partial charge on any atom is 0.311 e. The number of carboxylic acid groups (broad SMARTS) is 1. The van der Waals surface area contributed by atoms with Crippen molar-refractivity contribution < 1.29 is 74.1 Å². The fourth-order valence-electron chi connectivity index (χ4n) is 13.6. The molecule has 7 aliphatic rings. The predicted molar refractivity (Wildman–Crippen MR) is 200 cm³/mol. The Labute approximate surface area is 334 Å². The highest BCUT2D eigenvalue weighted by Crippen LogP contribution is 2.76. The van der Waals surface area contributed by atoms with E-state index in [9.17, 15) is 50.4 Å². The number of fused-ring (bicyclic) bond motifs is 7. The third-order valence-corrected chi connectivity index (χ3v) is 17.5. The molecule has 0 spiro atoms. The Morgan fingerprint density at radius 1 is 0.807 bits per heavy atom. The van der Waals surface area contributed by atoms with Gasteiger partial charge in [-0.1, -0.05) is 39.3 Å². The molecule has 0 aromatic heterocycles. The molecule has 2 heterocycles. The lowest BCUT2D eigenvalue weighted by atomic mass is 9.33. The van der Waals surface area contributed by atoms with Crippen LogP contribution >= 0.6 is 0 Å². The molecule has 2 aliphatic heterocycles. The summed E-state index contributed by atoms with van der Waals surface area (Å²) in [5.41, 5.74) is -1.94. The first kappa shape index (κ1) is 43.3. The second-order valence-electron chi connectivity index (χ2n) is 19.9. The van der Waals surface area contributed by atoms with Crippen LogP contribution in [-0.4, -0.2) is 141 Å². The number of ether oxygens (including phenoxy) is 5. The van der Waals surface area contributed by atoms with Crippen molar-refractivity contribution in [2.24, 2.45) is 50.2 Å². The van der Waals surface area contributed by atoms with E-state index in [4.69, 9.17) is 23.7 Å². The molecule has 0 bridgehead atoms. The van der Waals surface area contributed by atoms with E-state index in [1.807, 2.05) is 13.8 Å². The number of carbonyl (C=O) groups is 2. The molecule has 57 heavy (non-hydrogen) atoms. The Bertz CT molecular complexity index is 1570. The van der Waals surface area contributed by atoms with Gasteiger partial charge in [-0.15, -0.1) is 0 Å². The Hall–Kier alpha value is -1.76. The number of carbonyl (C=O) groups excluding carboxylic acids is 1. The Kier molecular flexibility index (Phi) is 11.4. The number of hydrogen-bond acceptors (Lipinski definition) is 14. The number of rotatable bonds is 8. The zero-order valence-electron chi connectivity index (χ0n) is 34.2. The molecule has 4 saturated carbocycles. The summed E-state index contributed by atoms with van der Waals surface area (Å²) in [4.78, 5) is 26.2. The normalized spacial score (nSPS) is 53.6. The molecule has 0 radical (unpaired) electrons. The summed E-state index contributed by atoms with van der Waals surface area (Å²) in [6.07, 6.45) is -5.10. The molecule has 8 N–H and O–H groups in total. The van der Waals surface area contributed by atoms with E-state index in [0.717, 1.165) is 32.1 Å². The van der Waals surface area contributed by atoms with Crippen LogP contribution in [0.5, 0.6) is 0 Å². The highest BCUT2D eigenvalue weighted by atomic mass is 16.7. The number of aliphatic hydroxyl groups excluding tert-OH is 7. The minimum Gasteiger partial charge on any atom is -0.481 e. The third-order valence-electron chi connectivity index (χ3n) is 17.5. The van der Waals surface area contributed by atoms with Crippen LogP contribution < -0.4 is 0 Å². The van der Waals surface area contributed by atoms with Gasteiger partial charge in [-0.25, -0.2) is 0 Å². The van der Waals surface area contributed by atoms with Crippen molar-refractivity contribution in [3.05, 3.63) is 11.6 Å². The number of aliphatic carboxylic acids is 1. The summed E-state index contributed by atoms with van der Waals surface area (Å²) >= 11 is 0.